The minimum absolute atomic E-state index is 0.0412. The maximum Gasteiger partial charge on any atom is 0.232 e. The van der Waals surface area contributed by atoms with Gasteiger partial charge in [-0.1, -0.05) is 32.0 Å². The minimum atomic E-state index is -0.163. The van der Waals surface area contributed by atoms with Gasteiger partial charge in [0.05, 0.1) is 0 Å². The van der Waals surface area contributed by atoms with E-state index in [1.807, 2.05) is 52.8 Å². The first-order valence-electron chi connectivity index (χ1n) is 7.85. The van der Waals surface area contributed by atoms with Crippen molar-refractivity contribution in [2.45, 2.75) is 58.9 Å². The molecule has 6 nitrogen and oxygen atoms in total. The van der Waals surface area contributed by atoms with Crippen LogP contribution in [0.15, 0.2) is 33.9 Å². The van der Waals surface area contributed by atoms with Crippen LogP contribution in [0.1, 0.15) is 57.5 Å². The van der Waals surface area contributed by atoms with Crippen LogP contribution < -0.4 is 5.49 Å². The van der Waals surface area contributed by atoms with Gasteiger partial charge in [0.1, 0.15) is 5.49 Å². The SMILES string of the molecule is CC(C)N=c1ccccn1C(=O)CCc1nc(C(C)(C)C)no1. The third-order valence-electron chi connectivity index (χ3n) is 3.19. The van der Waals surface area contributed by atoms with E-state index in [4.69, 9.17) is 4.52 Å². The van der Waals surface area contributed by atoms with E-state index < -0.39 is 0 Å². The molecule has 0 unspecified atom stereocenters. The molecule has 0 bridgehead atoms. The molecule has 0 saturated heterocycles. The highest BCUT2D eigenvalue weighted by Gasteiger charge is 2.21. The Bertz CT molecular complexity index is 735. The smallest absolute Gasteiger partial charge is 0.232 e. The van der Waals surface area contributed by atoms with Gasteiger partial charge in [0.2, 0.25) is 11.8 Å². The highest BCUT2D eigenvalue weighted by Crippen LogP contribution is 2.18. The minimum Gasteiger partial charge on any atom is -0.339 e. The molecule has 0 aliphatic carbocycles. The van der Waals surface area contributed by atoms with Gasteiger partial charge in [-0.05, 0) is 26.0 Å². The lowest BCUT2D eigenvalue weighted by Gasteiger charge is -2.10. The summed E-state index contributed by atoms with van der Waals surface area (Å²) in [7, 11) is 0. The molecule has 2 rings (SSSR count). The predicted octanol–water partition coefficient (Wildman–Crippen LogP) is 2.75. The molecule has 23 heavy (non-hydrogen) atoms. The fraction of sp³-hybridized carbons (Fsp3) is 0.529. The van der Waals surface area contributed by atoms with Gasteiger partial charge in [-0.15, -0.1) is 0 Å². The number of carbonyl (C=O) groups excluding carboxylic acids is 1. The van der Waals surface area contributed by atoms with Crippen LogP contribution in [-0.4, -0.2) is 26.7 Å². The van der Waals surface area contributed by atoms with E-state index in [0.29, 0.717) is 30.0 Å². The maximum absolute atomic E-state index is 12.4. The Morgan fingerprint density at radius 2 is 2.09 bits per heavy atom. The number of rotatable bonds is 4. The molecular formula is C17H24N4O2. The Morgan fingerprint density at radius 1 is 1.35 bits per heavy atom. The summed E-state index contributed by atoms with van der Waals surface area (Å²) in [6, 6.07) is 5.66. The van der Waals surface area contributed by atoms with E-state index in [1.54, 1.807) is 10.8 Å². The Kier molecular flexibility index (Phi) is 5.13. The molecule has 6 heteroatoms. The van der Waals surface area contributed by atoms with Crippen molar-refractivity contribution in [3.05, 3.63) is 41.6 Å². The van der Waals surface area contributed by atoms with Gasteiger partial charge in [-0.25, -0.2) is 0 Å². The van der Waals surface area contributed by atoms with Crippen molar-refractivity contribution >= 4 is 5.91 Å². The summed E-state index contributed by atoms with van der Waals surface area (Å²) >= 11 is 0. The topological polar surface area (TPSA) is 73.3 Å². The van der Waals surface area contributed by atoms with E-state index in [2.05, 4.69) is 15.1 Å². The van der Waals surface area contributed by atoms with Crippen molar-refractivity contribution in [3.63, 3.8) is 0 Å². The van der Waals surface area contributed by atoms with E-state index in [0.717, 1.165) is 0 Å². The lowest BCUT2D eigenvalue weighted by Crippen LogP contribution is -2.27. The monoisotopic (exact) mass is 316 g/mol. The van der Waals surface area contributed by atoms with E-state index in [1.165, 1.54) is 0 Å². The van der Waals surface area contributed by atoms with Gasteiger partial charge in [0, 0.05) is 30.5 Å². The number of hydrogen-bond donors (Lipinski definition) is 0. The van der Waals surface area contributed by atoms with E-state index in [-0.39, 0.29) is 17.4 Å². The highest BCUT2D eigenvalue weighted by molar-refractivity contribution is 5.78. The summed E-state index contributed by atoms with van der Waals surface area (Å²) in [5.41, 5.74) is 0.497. The zero-order valence-electron chi connectivity index (χ0n) is 14.4. The normalized spacial score (nSPS) is 12.9. The van der Waals surface area contributed by atoms with Crippen LogP contribution >= 0.6 is 0 Å². The molecule has 0 spiro atoms. The highest BCUT2D eigenvalue weighted by atomic mass is 16.5. The Balaban J connectivity index is 2.10. The summed E-state index contributed by atoms with van der Waals surface area (Å²) in [5.74, 6) is 1.10. The Hall–Kier alpha value is -2.24. The predicted molar refractivity (Wildman–Crippen MR) is 87.1 cm³/mol. The first-order valence-corrected chi connectivity index (χ1v) is 7.85. The summed E-state index contributed by atoms with van der Waals surface area (Å²) in [6.07, 6.45) is 2.45. The van der Waals surface area contributed by atoms with Crippen molar-refractivity contribution < 1.29 is 9.32 Å². The number of hydrogen-bond acceptors (Lipinski definition) is 5. The summed E-state index contributed by atoms with van der Waals surface area (Å²) in [5, 5.41) is 3.97. The molecule has 2 aromatic heterocycles. The van der Waals surface area contributed by atoms with Gasteiger partial charge in [0.15, 0.2) is 5.82 Å². The Morgan fingerprint density at radius 3 is 2.70 bits per heavy atom. The fourth-order valence-electron chi connectivity index (χ4n) is 2.01. The van der Waals surface area contributed by atoms with Crippen molar-refractivity contribution in [3.8, 4) is 0 Å². The lowest BCUT2D eigenvalue weighted by molar-refractivity contribution is 0.0894. The largest absolute Gasteiger partial charge is 0.339 e. The molecule has 0 N–H and O–H groups in total. The van der Waals surface area contributed by atoms with Crippen molar-refractivity contribution in [2.75, 3.05) is 0 Å². The van der Waals surface area contributed by atoms with Crippen LogP contribution in [0.5, 0.6) is 0 Å². The average molecular weight is 316 g/mol. The van der Waals surface area contributed by atoms with Crippen LogP contribution in [-0.2, 0) is 11.8 Å². The molecule has 124 valence electrons. The number of aryl methyl sites for hydroxylation is 1. The molecular weight excluding hydrogens is 292 g/mol. The first kappa shape index (κ1) is 17.1. The molecule has 0 aromatic carbocycles. The second-order valence-electron chi connectivity index (χ2n) is 6.81. The van der Waals surface area contributed by atoms with Crippen LogP contribution in [0.3, 0.4) is 0 Å². The number of aromatic nitrogens is 3. The van der Waals surface area contributed by atoms with E-state index >= 15 is 0 Å². The molecule has 0 atom stereocenters. The third kappa shape index (κ3) is 4.61. The molecule has 0 radical (unpaired) electrons. The molecule has 0 aliphatic rings. The summed E-state index contributed by atoms with van der Waals surface area (Å²) in [4.78, 5) is 21.3. The second-order valence-corrected chi connectivity index (χ2v) is 6.81. The second kappa shape index (κ2) is 6.89. The molecule has 0 saturated carbocycles. The number of carbonyl (C=O) groups is 1. The zero-order chi connectivity index (χ0) is 17.0. The lowest BCUT2D eigenvalue weighted by atomic mass is 9.96. The van der Waals surface area contributed by atoms with Crippen LogP contribution in [0.4, 0.5) is 0 Å². The van der Waals surface area contributed by atoms with Gasteiger partial charge >= 0.3 is 0 Å². The van der Waals surface area contributed by atoms with E-state index in [9.17, 15) is 4.79 Å². The molecule has 0 aliphatic heterocycles. The molecule has 2 heterocycles. The number of pyridine rings is 1. The zero-order valence-corrected chi connectivity index (χ0v) is 14.4. The quantitative estimate of drug-likeness (QED) is 0.869. The maximum atomic E-state index is 12.4. The van der Waals surface area contributed by atoms with Gasteiger partial charge in [-0.3, -0.25) is 14.4 Å². The summed E-state index contributed by atoms with van der Waals surface area (Å²) < 4.78 is 6.80. The molecule has 0 fully saturated rings. The first-order chi connectivity index (χ1) is 10.8. The average Bonchev–Trinajstić information content (AvgIpc) is 2.93. The van der Waals surface area contributed by atoms with Crippen molar-refractivity contribution in [2.24, 2.45) is 4.99 Å². The number of nitrogens with zero attached hydrogens (tertiary/aromatic N) is 4. The molecule has 0 amide bonds. The van der Waals surface area contributed by atoms with Gasteiger partial charge in [-0.2, -0.15) is 4.98 Å². The Labute approximate surface area is 136 Å². The van der Waals surface area contributed by atoms with Crippen molar-refractivity contribution in [1.82, 2.24) is 14.7 Å². The van der Waals surface area contributed by atoms with Crippen LogP contribution in [0.2, 0.25) is 0 Å². The summed E-state index contributed by atoms with van der Waals surface area (Å²) in [6.45, 7) is 10.0. The van der Waals surface area contributed by atoms with Crippen LogP contribution in [0.25, 0.3) is 0 Å². The van der Waals surface area contributed by atoms with Gasteiger partial charge in [0.25, 0.3) is 0 Å². The standard InChI is InChI=1S/C17H24N4O2/c1-12(2)18-13-8-6-7-11-21(13)15(22)10-9-14-19-16(20-23-14)17(3,4)5/h6-8,11-12H,9-10H2,1-5H3. The fourth-order valence-corrected chi connectivity index (χ4v) is 2.01. The third-order valence-corrected chi connectivity index (χ3v) is 3.19. The van der Waals surface area contributed by atoms with Crippen molar-refractivity contribution in [1.29, 1.82) is 0 Å². The molecule has 2 aromatic rings. The van der Waals surface area contributed by atoms with Gasteiger partial charge < -0.3 is 4.52 Å². The van der Waals surface area contributed by atoms with Crippen LogP contribution in [0, 0.1) is 0 Å².